The molecule has 1 aromatic carbocycles. The van der Waals surface area contributed by atoms with E-state index in [1.807, 2.05) is 20.8 Å². The second kappa shape index (κ2) is 5.38. The molecule has 0 aliphatic carbocycles. The van der Waals surface area contributed by atoms with Crippen molar-refractivity contribution in [3.8, 4) is 0 Å². The van der Waals surface area contributed by atoms with Gasteiger partial charge in [0, 0.05) is 12.7 Å². The quantitative estimate of drug-likeness (QED) is 0.771. The van der Waals surface area contributed by atoms with Crippen molar-refractivity contribution in [2.45, 2.75) is 26.9 Å². The van der Waals surface area contributed by atoms with Gasteiger partial charge in [-0.05, 0) is 23.6 Å². The van der Waals surface area contributed by atoms with Crippen molar-refractivity contribution < 1.29 is 9.53 Å². The molecular formula is C13H16Cl2O2. The monoisotopic (exact) mass is 274 g/mol. The van der Waals surface area contributed by atoms with Gasteiger partial charge in [0.05, 0.1) is 10.0 Å². The van der Waals surface area contributed by atoms with Crippen LogP contribution in [0.5, 0.6) is 0 Å². The highest BCUT2D eigenvalue weighted by atomic mass is 35.5. The summed E-state index contributed by atoms with van der Waals surface area (Å²) in [6, 6.07) is 4.85. The number of benzene rings is 1. The summed E-state index contributed by atoms with van der Waals surface area (Å²) in [5, 5.41) is 0.814. The first-order valence-corrected chi connectivity index (χ1v) is 6.05. The average molecular weight is 275 g/mol. The van der Waals surface area contributed by atoms with Crippen molar-refractivity contribution in [3.05, 3.63) is 33.8 Å². The molecule has 0 aliphatic rings. The van der Waals surface area contributed by atoms with Gasteiger partial charge in [0.15, 0.2) is 5.78 Å². The van der Waals surface area contributed by atoms with Crippen molar-refractivity contribution in [1.82, 2.24) is 0 Å². The zero-order valence-corrected chi connectivity index (χ0v) is 11.9. The molecule has 1 aromatic rings. The fourth-order valence-corrected chi connectivity index (χ4v) is 1.95. The van der Waals surface area contributed by atoms with E-state index in [-0.39, 0.29) is 11.2 Å². The van der Waals surface area contributed by atoms with Gasteiger partial charge in [-0.15, -0.1) is 0 Å². The van der Waals surface area contributed by atoms with Gasteiger partial charge in [0.2, 0.25) is 0 Å². The molecule has 0 fully saturated rings. The number of hydrogen-bond donors (Lipinski definition) is 0. The Balaban J connectivity index is 3.07. The number of hydrogen-bond acceptors (Lipinski definition) is 2. The Morgan fingerprint density at radius 3 is 2.24 bits per heavy atom. The highest BCUT2D eigenvalue weighted by molar-refractivity contribution is 6.42. The molecular weight excluding hydrogens is 259 g/mol. The van der Waals surface area contributed by atoms with Gasteiger partial charge < -0.3 is 4.74 Å². The van der Waals surface area contributed by atoms with Gasteiger partial charge in [0.25, 0.3) is 0 Å². The Morgan fingerprint density at radius 1 is 1.24 bits per heavy atom. The molecule has 0 heterocycles. The third kappa shape index (κ3) is 3.44. The third-order valence-electron chi connectivity index (χ3n) is 2.46. The summed E-state index contributed by atoms with van der Waals surface area (Å²) in [7, 11) is 1.53. The molecule has 0 saturated heterocycles. The highest BCUT2D eigenvalue weighted by Gasteiger charge is 2.32. The van der Waals surface area contributed by atoms with Crippen LogP contribution in [-0.2, 0) is 4.74 Å². The highest BCUT2D eigenvalue weighted by Crippen LogP contribution is 2.28. The predicted octanol–water partition coefficient (Wildman–Crippen LogP) is 4.24. The van der Waals surface area contributed by atoms with Crippen LogP contribution in [0.2, 0.25) is 10.0 Å². The number of halogens is 2. The van der Waals surface area contributed by atoms with E-state index in [0.717, 1.165) is 0 Å². The largest absolute Gasteiger partial charge is 0.373 e. The Bertz CT molecular complexity index is 422. The molecule has 0 amide bonds. The molecule has 0 saturated carbocycles. The second-order valence-electron chi connectivity index (χ2n) is 4.97. The summed E-state index contributed by atoms with van der Waals surface area (Å²) >= 11 is 11.7. The summed E-state index contributed by atoms with van der Waals surface area (Å²) in [6.07, 6.45) is -0.500. The molecule has 0 spiro atoms. The molecule has 0 aromatic heterocycles. The summed E-state index contributed by atoms with van der Waals surface area (Å²) in [6.45, 7) is 5.86. The lowest BCUT2D eigenvalue weighted by molar-refractivity contribution is 0.0196. The van der Waals surface area contributed by atoms with Crippen LogP contribution in [0.25, 0.3) is 0 Å². The van der Waals surface area contributed by atoms with Gasteiger partial charge >= 0.3 is 0 Å². The van der Waals surface area contributed by atoms with Gasteiger partial charge in [-0.2, -0.15) is 0 Å². The standard InChI is InChI=1S/C13H16Cl2O2/c1-13(2,3)12(17-4)11(16)8-5-6-9(14)10(15)7-8/h5-7,12H,1-4H3. The first kappa shape index (κ1) is 14.5. The Kier molecular flexibility index (Phi) is 4.59. The minimum absolute atomic E-state index is 0.0847. The summed E-state index contributed by atoms with van der Waals surface area (Å²) < 4.78 is 5.28. The van der Waals surface area contributed by atoms with Crippen LogP contribution in [-0.4, -0.2) is 19.0 Å². The maximum atomic E-state index is 12.3. The summed E-state index contributed by atoms with van der Waals surface area (Å²) in [5.41, 5.74) is 0.249. The Labute approximate surface area is 112 Å². The van der Waals surface area contributed by atoms with E-state index in [4.69, 9.17) is 27.9 Å². The van der Waals surface area contributed by atoms with Crippen LogP contribution in [0.15, 0.2) is 18.2 Å². The maximum Gasteiger partial charge on any atom is 0.192 e. The van der Waals surface area contributed by atoms with Crippen molar-refractivity contribution in [1.29, 1.82) is 0 Å². The molecule has 0 N–H and O–H groups in total. The fraction of sp³-hybridized carbons (Fsp3) is 0.462. The van der Waals surface area contributed by atoms with Crippen molar-refractivity contribution >= 4 is 29.0 Å². The van der Waals surface area contributed by atoms with Gasteiger partial charge in [-0.1, -0.05) is 44.0 Å². The number of carbonyl (C=O) groups is 1. The van der Waals surface area contributed by atoms with E-state index >= 15 is 0 Å². The second-order valence-corrected chi connectivity index (χ2v) is 5.79. The molecule has 94 valence electrons. The van der Waals surface area contributed by atoms with Crippen LogP contribution in [0, 0.1) is 5.41 Å². The minimum Gasteiger partial charge on any atom is -0.373 e. The van der Waals surface area contributed by atoms with E-state index in [2.05, 4.69) is 0 Å². The molecule has 1 rings (SSSR count). The van der Waals surface area contributed by atoms with Gasteiger partial charge in [-0.3, -0.25) is 4.79 Å². The zero-order chi connectivity index (χ0) is 13.2. The number of Topliss-reactive ketones (excluding diaryl/α,β-unsaturated/α-hetero) is 1. The zero-order valence-electron chi connectivity index (χ0n) is 10.4. The number of ether oxygens (including phenoxy) is 1. The number of ketones is 1. The van der Waals surface area contributed by atoms with E-state index in [9.17, 15) is 4.79 Å². The lowest BCUT2D eigenvalue weighted by Gasteiger charge is -2.28. The van der Waals surface area contributed by atoms with E-state index in [1.54, 1.807) is 18.2 Å². The van der Waals surface area contributed by atoms with Gasteiger partial charge in [-0.25, -0.2) is 0 Å². The first-order valence-electron chi connectivity index (χ1n) is 5.29. The molecule has 1 atom stereocenters. The molecule has 0 bridgehead atoms. The fourth-order valence-electron chi connectivity index (χ4n) is 1.65. The summed E-state index contributed by atoms with van der Waals surface area (Å²) in [4.78, 5) is 12.3. The number of rotatable bonds is 3. The maximum absolute atomic E-state index is 12.3. The molecule has 0 aliphatic heterocycles. The van der Waals surface area contributed by atoms with E-state index in [1.165, 1.54) is 7.11 Å². The van der Waals surface area contributed by atoms with E-state index in [0.29, 0.717) is 15.6 Å². The topological polar surface area (TPSA) is 26.3 Å². The summed E-state index contributed by atoms with van der Waals surface area (Å²) in [5.74, 6) is -0.0847. The van der Waals surface area contributed by atoms with Crippen molar-refractivity contribution in [2.75, 3.05) is 7.11 Å². The molecule has 1 unspecified atom stereocenters. The number of carbonyl (C=O) groups excluding carboxylic acids is 1. The van der Waals surface area contributed by atoms with Crippen LogP contribution < -0.4 is 0 Å². The first-order chi connectivity index (χ1) is 7.77. The molecule has 2 nitrogen and oxygen atoms in total. The van der Waals surface area contributed by atoms with Gasteiger partial charge in [0.1, 0.15) is 6.10 Å². The third-order valence-corrected chi connectivity index (χ3v) is 3.20. The van der Waals surface area contributed by atoms with Crippen LogP contribution in [0.3, 0.4) is 0 Å². The van der Waals surface area contributed by atoms with E-state index < -0.39 is 6.10 Å². The Hall–Kier alpha value is -0.570. The molecule has 17 heavy (non-hydrogen) atoms. The SMILES string of the molecule is COC(C(=O)c1ccc(Cl)c(Cl)c1)C(C)(C)C. The van der Waals surface area contributed by atoms with Crippen LogP contribution in [0.4, 0.5) is 0 Å². The smallest absolute Gasteiger partial charge is 0.192 e. The lowest BCUT2D eigenvalue weighted by Crippen LogP contribution is -2.36. The van der Waals surface area contributed by atoms with Crippen LogP contribution in [0.1, 0.15) is 31.1 Å². The van der Waals surface area contributed by atoms with Crippen molar-refractivity contribution in [3.63, 3.8) is 0 Å². The normalized spacial score (nSPS) is 13.5. The van der Waals surface area contributed by atoms with Crippen LogP contribution >= 0.6 is 23.2 Å². The van der Waals surface area contributed by atoms with Crippen molar-refractivity contribution in [2.24, 2.45) is 5.41 Å². The average Bonchev–Trinajstić information content (AvgIpc) is 2.20. The Morgan fingerprint density at radius 2 is 1.82 bits per heavy atom. The number of methoxy groups -OCH3 is 1. The molecule has 0 radical (unpaired) electrons. The lowest BCUT2D eigenvalue weighted by atomic mass is 9.84. The predicted molar refractivity (Wildman–Crippen MR) is 71.0 cm³/mol. The minimum atomic E-state index is -0.500. The molecule has 4 heteroatoms.